The Bertz CT molecular complexity index is 340. The van der Waals surface area contributed by atoms with Crippen molar-refractivity contribution in [1.82, 2.24) is 10.3 Å². The summed E-state index contributed by atoms with van der Waals surface area (Å²) >= 11 is 2.02. The van der Waals surface area contributed by atoms with Crippen LogP contribution in [0.5, 0.6) is 0 Å². The van der Waals surface area contributed by atoms with E-state index in [2.05, 4.69) is 35.6 Å². The summed E-state index contributed by atoms with van der Waals surface area (Å²) in [6, 6.07) is 4.80. The van der Waals surface area contributed by atoms with E-state index in [0.29, 0.717) is 6.04 Å². The molecule has 1 aliphatic carbocycles. The highest BCUT2D eigenvalue weighted by Gasteiger charge is 2.15. The minimum absolute atomic E-state index is 0.388. The zero-order valence-corrected chi connectivity index (χ0v) is 12.3. The summed E-state index contributed by atoms with van der Waals surface area (Å²) in [5.74, 6) is 0. The van der Waals surface area contributed by atoms with E-state index >= 15 is 0 Å². The molecule has 1 N–H and O–H groups in total. The number of nitrogens with zero attached hydrogens (tertiary/aromatic N) is 1. The third kappa shape index (κ3) is 3.72. The first kappa shape index (κ1) is 13.9. The first-order chi connectivity index (χ1) is 8.83. The number of pyridine rings is 1. The Labute approximate surface area is 115 Å². The molecule has 3 heteroatoms. The molecule has 1 fully saturated rings. The molecule has 0 spiro atoms. The van der Waals surface area contributed by atoms with Crippen LogP contribution >= 0.6 is 11.8 Å². The van der Waals surface area contributed by atoms with E-state index in [0.717, 1.165) is 17.4 Å². The van der Waals surface area contributed by atoms with Crippen LogP contribution in [0.15, 0.2) is 23.2 Å². The van der Waals surface area contributed by atoms with Gasteiger partial charge in [0, 0.05) is 22.4 Å². The highest BCUT2D eigenvalue weighted by molar-refractivity contribution is 8.00. The first-order valence-corrected chi connectivity index (χ1v) is 8.01. The molecule has 1 atom stereocenters. The fraction of sp³-hybridized carbons (Fsp3) is 0.667. The molecule has 2 rings (SSSR count). The quantitative estimate of drug-likeness (QED) is 0.863. The Hall–Kier alpha value is -0.540. The predicted octanol–water partition coefficient (Wildman–Crippen LogP) is 4.18. The molecular weight excluding hydrogens is 240 g/mol. The van der Waals surface area contributed by atoms with Gasteiger partial charge in [0.25, 0.3) is 0 Å². The fourth-order valence-electron chi connectivity index (χ4n) is 2.60. The molecule has 100 valence electrons. The van der Waals surface area contributed by atoms with Crippen molar-refractivity contribution in [3.05, 3.63) is 24.0 Å². The highest BCUT2D eigenvalue weighted by Crippen LogP contribution is 2.33. The fourth-order valence-corrected chi connectivity index (χ4v) is 3.82. The van der Waals surface area contributed by atoms with Crippen molar-refractivity contribution in [3.63, 3.8) is 0 Å². The molecule has 0 bridgehead atoms. The second-order valence-corrected chi connectivity index (χ2v) is 6.42. The molecule has 0 aromatic carbocycles. The number of thioether (sulfide) groups is 1. The van der Waals surface area contributed by atoms with Gasteiger partial charge in [-0.25, -0.2) is 0 Å². The van der Waals surface area contributed by atoms with E-state index in [-0.39, 0.29) is 0 Å². The summed E-state index contributed by atoms with van der Waals surface area (Å²) in [5.41, 5.74) is 1.16. The Morgan fingerprint density at radius 1 is 1.33 bits per heavy atom. The van der Waals surface area contributed by atoms with E-state index in [1.807, 2.05) is 18.8 Å². The zero-order chi connectivity index (χ0) is 12.8. The molecule has 1 aromatic rings. The van der Waals surface area contributed by atoms with Gasteiger partial charge in [-0.05, 0) is 38.4 Å². The normalized spacial score (nSPS) is 18.8. The van der Waals surface area contributed by atoms with E-state index in [1.165, 1.54) is 37.0 Å². The topological polar surface area (TPSA) is 24.9 Å². The molecule has 1 heterocycles. The van der Waals surface area contributed by atoms with Crippen LogP contribution < -0.4 is 5.32 Å². The maximum atomic E-state index is 4.60. The standard InChI is InChI=1S/C15H24N2S/c1-3-14(16-2)15-10-9-13(11-17-15)18-12-7-5-4-6-8-12/h9-12,14,16H,3-8H2,1-2H3. The first-order valence-electron chi connectivity index (χ1n) is 7.13. The van der Waals surface area contributed by atoms with Crippen molar-refractivity contribution in [3.8, 4) is 0 Å². The lowest BCUT2D eigenvalue weighted by molar-refractivity contribution is 0.516. The number of nitrogens with one attached hydrogen (secondary N) is 1. The Morgan fingerprint density at radius 3 is 2.67 bits per heavy atom. The highest BCUT2D eigenvalue weighted by atomic mass is 32.2. The zero-order valence-electron chi connectivity index (χ0n) is 11.5. The number of aromatic nitrogens is 1. The largest absolute Gasteiger partial charge is 0.312 e. The van der Waals surface area contributed by atoms with Gasteiger partial charge in [0.1, 0.15) is 0 Å². The van der Waals surface area contributed by atoms with Crippen molar-refractivity contribution < 1.29 is 0 Å². The van der Waals surface area contributed by atoms with Crippen LogP contribution in [0.25, 0.3) is 0 Å². The van der Waals surface area contributed by atoms with Crippen LogP contribution in [0.1, 0.15) is 57.2 Å². The molecule has 1 saturated carbocycles. The van der Waals surface area contributed by atoms with Crippen LogP contribution in [0, 0.1) is 0 Å². The van der Waals surface area contributed by atoms with Gasteiger partial charge >= 0.3 is 0 Å². The second-order valence-electron chi connectivity index (χ2n) is 5.05. The predicted molar refractivity (Wildman–Crippen MR) is 79.1 cm³/mol. The lowest BCUT2D eigenvalue weighted by Gasteiger charge is -2.21. The van der Waals surface area contributed by atoms with Crippen molar-refractivity contribution >= 4 is 11.8 Å². The van der Waals surface area contributed by atoms with Crippen LogP contribution in [0.4, 0.5) is 0 Å². The van der Waals surface area contributed by atoms with Crippen molar-refractivity contribution in [2.75, 3.05) is 7.05 Å². The molecule has 1 aromatic heterocycles. The molecular formula is C15H24N2S. The van der Waals surface area contributed by atoms with Gasteiger partial charge in [-0.2, -0.15) is 0 Å². The van der Waals surface area contributed by atoms with E-state index in [9.17, 15) is 0 Å². The van der Waals surface area contributed by atoms with E-state index in [1.54, 1.807) is 0 Å². The summed E-state index contributed by atoms with van der Waals surface area (Å²) in [6.45, 7) is 2.19. The lowest BCUT2D eigenvalue weighted by atomic mass is 10.0. The molecule has 0 amide bonds. The van der Waals surface area contributed by atoms with Gasteiger partial charge in [-0.1, -0.05) is 26.2 Å². The Morgan fingerprint density at radius 2 is 2.11 bits per heavy atom. The monoisotopic (exact) mass is 264 g/mol. The van der Waals surface area contributed by atoms with Crippen LogP contribution in [-0.4, -0.2) is 17.3 Å². The minimum Gasteiger partial charge on any atom is -0.312 e. The summed E-state index contributed by atoms with van der Waals surface area (Å²) in [7, 11) is 2.00. The molecule has 18 heavy (non-hydrogen) atoms. The molecule has 0 aliphatic heterocycles. The van der Waals surface area contributed by atoms with Gasteiger partial charge in [-0.15, -0.1) is 11.8 Å². The third-order valence-electron chi connectivity index (χ3n) is 3.73. The Balaban J connectivity index is 1.94. The van der Waals surface area contributed by atoms with E-state index in [4.69, 9.17) is 0 Å². The molecule has 1 aliphatic rings. The maximum Gasteiger partial charge on any atom is 0.0573 e. The second kappa shape index (κ2) is 7.15. The molecule has 0 radical (unpaired) electrons. The summed E-state index contributed by atoms with van der Waals surface area (Å²) in [4.78, 5) is 5.93. The maximum absolute atomic E-state index is 4.60. The van der Waals surface area contributed by atoms with Crippen molar-refractivity contribution in [2.45, 2.75) is 61.6 Å². The van der Waals surface area contributed by atoms with Gasteiger partial charge in [0.15, 0.2) is 0 Å². The molecule has 2 nitrogen and oxygen atoms in total. The van der Waals surface area contributed by atoms with Crippen molar-refractivity contribution in [1.29, 1.82) is 0 Å². The summed E-state index contributed by atoms with van der Waals surface area (Å²) in [6.07, 6.45) is 10.1. The number of rotatable bonds is 5. The van der Waals surface area contributed by atoms with Crippen LogP contribution in [-0.2, 0) is 0 Å². The van der Waals surface area contributed by atoms with Crippen molar-refractivity contribution in [2.24, 2.45) is 0 Å². The van der Waals surface area contributed by atoms with Crippen LogP contribution in [0.2, 0.25) is 0 Å². The van der Waals surface area contributed by atoms with Gasteiger partial charge in [-0.3, -0.25) is 4.98 Å². The third-order valence-corrected chi connectivity index (χ3v) is 5.05. The Kier molecular flexibility index (Phi) is 5.51. The van der Waals surface area contributed by atoms with Crippen LogP contribution in [0.3, 0.4) is 0 Å². The summed E-state index contributed by atoms with van der Waals surface area (Å²) < 4.78 is 0. The van der Waals surface area contributed by atoms with Gasteiger partial charge < -0.3 is 5.32 Å². The number of hydrogen-bond acceptors (Lipinski definition) is 3. The number of hydrogen-bond donors (Lipinski definition) is 1. The SMILES string of the molecule is CCC(NC)c1ccc(SC2CCCCC2)cn1. The lowest BCUT2D eigenvalue weighted by Crippen LogP contribution is -2.16. The van der Waals surface area contributed by atoms with Gasteiger partial charge in [0.2, 0.25) is 0 Å². The average molecular weight is 264 g/mol. The molecule has 0 saturated heterocycles. The molecule has 1 unspecified atom stereocenters. The average Bonchev–Trinajstić information content (AvgIpc) is 2.43. The summed E-state index contributed by atoms with van der Waals surface area (Å²) in [5, 5.41) is 4.12. The van der Waals surface area contributed by atoms with E-state index < -0.39 is 0 Å². The minimum atomic E-state index is 0.388. The smallest absolute Gasteiger partial charge is 0.0573 e. The van der Waals surface area contributed by atoms with Gasteiger partial charge in [0.05, 0.1) is 5.69 Å².